The molecule has 1 aliphatic carbocycles. The molecule has 4 nitrogen and oxygen atoms in total. The SMILES string of the molecule is CN=C(NCc1cccc(N2CC=CC2)c1)NC1CCCC(SC)C1. The van der Waals surface area contributed by atoms with Crippen LogP contribution in [-0.2, 0) is 6.54 Å². The fourth-order valence-electron chi connectivity index (χ4n) is 3.62. The van der Waals surface area contributed by atoms with Gasteiger partial charge in [-0.1, -0.05) is 30.7 Å². The zero-order valence-electron chi connectivity index (χ0n) is 15.4. The molecule has 1 aromatic rings. The number of nitrogens with zero attached hydrogens (tertiary/aromatic N) is 2. The van der Waals surface area contributed by atoms with Crippen molar-refractivity contribution in [3.8, 4) is 0 Å². The predicted molar refractivity (Wildman–Crippen MR) is 111 cm³/mol. The Balaban J connectivity index is 1.52. The highest BCUT2D eigenvalue weighted by Crippen LogP contribution is 2.26. The molecule has 3 rings (SSSR count). The molecular formula is C20H30N4S. The van der Waals surface area contributed by atoms with Crippen molar-refractivity contribution in [2.75, 3.05) is 31.3 Å². The smallest absolute Gasteiger partial charge is 0.191 e. The summed E-state index contributed by atoms with van der Waals surface area (Å²) in [5.74, 6) is 0.917. The first-order valence-electron chi connectivity index (χ1n) is 9.27. The number of hydrogen-bond donors (Lipinski definition) is 2. The molecule has 0 radical (unpaired) electrons. The molecule has 1 heterocycles. The summed E-state index contributed by atoms with van der Waals surface area (Å²) in [4.78, 5) is 6.79. The van der Waals surface area contributed by atoms with Gasteiger partial charge in [0.25, 0.3) is 0 Å². The van der Waals surface area contributed by atoms with Crippen molar-refractivity contribution in [2.45, 2.75) is 43.5 Å². The van der Waals surface area contributed by atoms with E-state index in [2.05, 4.69) is 63.2 Å². The average molecular weight is 359 g/mol. The second kappa shape index (κ2) is 9.18. The molecule has 2 aliphatic rings. The van der Waals surface area contributed by atoms with Gasteiger partial charge in [0.1, 0.15) is 0 Å². The number of hydrogen-bond acceptors (Lipinski definition) is 3. The van der Waals surface area contributed by atoms with Crippen LogP contribution < -0.4 is 15.5 Å². The highest BCUT2D eigenvalue weighted by atomic mass is 32.2. The summed E-state index contributed by atoms with van der Waals surface area (Å²) in [6.45, 7) is 2.82. The second-order valence-electron chi connectivity index (χ2n) is 6.84. The van der Waals surface area contributed by atoms with Crippen LogP contribution in [0, 0.1) is 0 Å². The van der Waals surface area contributed by atoms with E-state index in [0.29, 0.717) is 6.04 Å². The topological polar surface area (TPSA) is 39.7 Å². The van der Waals surface area contributed by atoms with E-state index in [9.17, 15) is 0 Å². The van der Waals surface area contributed by atoms with Crippen molar-refractivity contribution in [1.29, 1.82) is 0 Å². The van der Waals surface area contributed by atoms with E-state index in [0.717, 1.165) is 30.8 Å². The van der Waals surface area contributed by atoms with Gasteiger partial charge in [0, 0.05) is 43.7 Å². The van der Waals surface area contributed by atoms with E-state index < -0.39 is 0 Å². The normalized spacial score (nSPS) is 23.8. The lowest BCUT2D eigenvalue weighted by Crippen LogP contribution is -2.45. The van der Waals surface area contributed by atoms with Gasteiger partial charge in [-0.3, -0.25) is 4.99 Å². The third kappa shape index (κ3) is 5.18. The molecule has 2 atom stereocenters. The summed E-state index contributed by atoms with van der Waals surface area (Å²) < 4.78 is 0. The first-order chi connectivity index (χ1) is 12.3. The lowest BCUT2D eigenvalue weighted by Gasteiger charge is -2.30. The zero-order valence-corrected chi connectivity index (χ0v) is 16.2. The third-order valence-electron chi connectivity index (χ3n) is 5.08. The maximum absolute atomic E-state index is 4.42. The lowest BCUT2D eigenvalue weighted by atomic mass is 9.95. The Kier molecular flexibility index (Phi) is 6.68. The average Bonchev–Trinajstić information content (AvgIpc) is 3.20. The lowest BCUT2D eigenvalue weighted by molar-refractivity contribution is 0.419. The molecule has 0 spiro atoms. The van der Waals surface area contributed by atoms with Crippen LogP contribution in [0.15, 0.2) is 41.4 Å². The zero-order chi connectivity index (χ0) is 17.5. The molecule has 25 heavy (non-hydrogen) atoms. The summed E-state index contributed by atoms with van der Waals surface area (Å²) in [5, 5.41) is 7.88. The number of anilines is 1. The van der Waals surface area contributed by atoms with Gasteiger partial charge in [-0.2, -0.15) is 11.8 Å². The summed E-state index contributed by atoms with van der Waals surface area (Å²) in [6.07, 6.45) is 11.8. The molecule has 2 N–H and O–H groups in total. The standard InChI is InChI=1S/C20H30N4S/c1-21-20(23-17-8-6-10-19(14-17)25-2)22-15-16-7-5-9-18(13-16)24-11-3-4-12-24/h3-5,7,9,13,17,19H,6,8,10-12,14-15H2,1-2H3,(H2,21,22,23). The molecule has 0 aromatic heterocycles. The number of aliphatic imine (C=N–C) groups is 1. The largest absolute Gasteiger partial charge is 0.364 e. The van der Waals surface area contributed by atoms with Gasteiger partial charge in [0.05, 0.1) is 0 Å². The molecule has 0 saturated heterocycles. The van der Waals surface area contributed by atoms with E-state index in [-0.39, 0.29) is 0 Å². The van der Waals surface area contributed by atoms with Crippen LogP contribution in [0.25, 0.3) is 0 Å². The van der Waals surface area contributed by atoms with Crippen molar-refractivity contribution in [1.82, 2.24) is 10.6 Å². The van der Waals surface area contributed by atoms with Crippen LogP contribution in [0.2, 0.25) is 0 Å². The summed E-state index contributed by atoms with van der Waals surface area (Å²) >= 11 is 2.00. The number of nitrogens with one attached hydrogen (secondary N) is 2. The van der Waals surface area contributed by atoms with Crippen molar-refractivity contribution in [3.05, 3.63) is 42.0 Å². The third-order valence-corrected chi connectivity index (χ3v) is 6.17. The van der Waals surface area contributed by atoms with Crippen LogP contribution in [0.1, 0.15) is 31.2 Å². The van der Waals surface area contributed by atoms with Crippen molar-refractivity contribution in [2.24, 2.45) is 4.99 Å². The van der Waals surface area contributed by atoms with Gasteiger partial charge in [-0.05, 0) is 43.2 Å². The van der Waals surface area contributed by atoms with Crippen molar-refractivity contribution in [3.63, 3.8) is 0 Å². The Morgan fingerprint density at radius 1 is 1.28 bits per heavy atom. The molecule has 1 fully saturated rings. The number of thioether (sulfide) groups is 1. The maximum atomic E-state index is 4.42. The highest BCUT2D eigenvalue weighted by Gasteiger charge is 2.21. The van der Waals surface area contributed by atoms with Crippen LogP contribution in [0.3, 0.4) is 0 Å². The van der Waals surface area contributed by atoms with Gasteiger partial charge in [-0.15, -0.1) is 0 Å². The quantitative estimate of drug-likeness (QED) is 0.481. The minimum atomic E-state index is 0.541. The maximum Gasteiger partial charge on any atom is 0.191 e. The van der Waals surface area contributed by atoms with Gasteiger partial charge in [0.15, 0.2) is 5.96 Å². The Labute approximate surface area is 156 Å². The van der Waals surface area contributed by atoms with Crippen molar-refractivity contribution < 1.29 is 0 Å². The monoisotopic (exact) mass is 358 g/mol. The highest BCUT2D eigenvalue weighted by molar-refractivity contribution is 7.99. The first-order valence-corrected chi connectivity index (χ1v) is 10.6. The molecule has 0 bridgehead atoms. The number of benzene rings is 1. The Bertz CT molecular complexity index is 605. The fraction of sp³-hybridized carbons (Fsp3) is 0.550. The summed E-state index contributed by atoms with van der Waals surface area (Å²) in [7, 11) is 1.86. The van der Waals surface area contributed by atoms with E-state index >= 15 is 0 Å². The fourth-order valence-corrected chi connectivity index (χ4v) is 4.44. The van der Waals surface area contributed by atoms with Crippen LogP contribution in [0.5, 0.6) is 0 Å². The van der Waals surface area contributed by atoms with Crippen molar-refractivity contribution >= 4 is 23.4 Å². The van der Waals surface area contributed by atoms with Crippen LogP contribution in [0.4, 0.5) is 5.69 Å². The molecule has 0 amide bonds. The molecular weight excluding hydrogens is 328 g/mol. The molecule has 1 saturated carbocycles. The van der Waals surface area contributed by atoms with Gasteiger partial charge >= 0.3 is 0 Å². The minimum absolute atomic E-state index is 0.541. The van der Waals surface area contributed by atoms with Gasteiger partial charge in [-0.25, -0.2) is 0 Å². The van der Waals surface area contributed by atoms with E-state index in [1.807, 2.05) is 18.8 Å². The number of guanidine groups is 1. The van der Waals surface area contributed by atoms with Gasteiger partial charge in [0.2, 0.25) is 0 Å². The minimum Gasteiger partial charge on any atom is -0.364 e. The Morgan fingerprint density at radius 3 is 2.88 bits per heavy atom. The predicted octanol–water partition coefficient (Wildman–Crippen LogP) is 3.40. The first kappa shape index (κ1) is 18.2. The summed E-state index contributed by atoms with van der Waals surface area (Å²) in [5.41, 5.74) is 2.58. The Morgan fingerprint density at radius 2 is 2.12 bits per heavy atom. The molecule has 1 aromatic carbocycles. The van der Waals surface area contributed by atoms with Crippen LogP contribution >= 0.6 is 11.8 Å². The molecule has 5 heteroatoms. The molecule has 1 aliphatic heterocycles. The van der Waals surface area contributed by atoms with Gasteiger partial charge < -0.3 is 15.5 Å². The molecule has 2 unspecified atom stereocenters. The van der Waals surface area contributed by atoms with E-state index in [1.54, 1.807) is 0 Å². The molecule has 136 valence electrons. The van der Waals surface area contributed by atoms with E-state index in [1.165, 1.54) is 36.9 Å². The number of rotatable bonds is 5. The summed E-state index contributed by atoms with van der Waals surface area (Å²) in [6, 6.07) is 9.33. The second-order valence-corrected chi connectivity index (χ2v) is 7.98. The van der Waals surface area contributed by atoms with Crippen LogP contribution in [-0.4, -0.2) is 43.6 Å². The van der Waals surface area contributed by atoms with E-state index in [4.69, 9.17) is 0 Å². The Hall–Kier alpha value is -1.62.